The second kappa shape index (κ2) is 7.78. The van der Waals surface area contributed by atoms with Crippen molar-refractivity contribution in [1.29, 1.82) is 0 Å². The maximum Gasteiger partial charge on any atom is 0.222 e. The van der Waals surface area contributed by atoms with Crippen LogP contribution >= 0.6 is 0 Å². The summed E-state index contributed by atoms with van der Waals surface area (Å²) in [6.45, 7) is 10.2. The van der Waals surface area contributed by atoms with Crippen molar-refractivity contribution in [1.82, 2.24) is 5.32 Å². The number of nitrogens with one attached hydrogen (secondary N) is 2. The molecule has 0 aliphatic carbocycles. The van der Waals surface area contributed by atoms with Gasteiger partial charge in [0.25, 0.3) is 0 Å². The van der Waals surface area contributed by atoms with Gasteiger partial charge in [-0.15, -0.1) is 0 Å². The Bertz CT molecular complexity index is 484. The number of piperazine rings is 1. The van der Waals surface area contributed by atoms with Crippen LogP contribution in [-0.2, 0) is 0 Å². The summed E-state index contributed by atoms with van der Waals surface area (Å²) < 4.78 is 0. The molecule has 0 bridgehead atoms. The molecule has 2 N–H and O–H groups in total. The number of benzene rings is 1. The van der Waals surface area contributed by atoms with Crippen LogP contribution in [0.5, 0.6) is 0 Å². The van der Waals surface area contributed by atoms with Gasteiger partial charge in [-0.25, -0.2) is 9.98 Å². The van der Waals surface area contributed by atoms with Crippen LogP contribution in [0.4, 0.5) is 11.4 Å². The number of hydrogen-bond acceptors (Lipinski definition) is 3. The molecule has 5 heteroatoms. The van der Waals surface area contributed by atoms with Crippen LogP contribution < -0.4 is 15.5 Å². The van der Waals surface area contributed by atoms with Crippen LogP contribution in [0.25, 0.3) is 0 Å². The van der Waals surface area contributed by atoms with Gasteiger partial charge in [0.2, 0.25) is 5.96 Å². The lowest BCUT2D eigenvalue weighted by molar-refractivity contribution is 0.589. The Kier molecular flexibility index (Phi) is 5.75. The average molecular weight is 287 g/mol. The van der Waals surface area contributed by atoms with Gasteiger partial charge >= 0.3 is 0 Å². The first kappa shape index (κ1) is 15.5. The van der Waals surface area contributed by atoms with Crippen molar-refractivity contribution >= 4 is 23.5 Å². The number of hydrogen-bond donors (Lipinski definition) is 2. The fourth-order valence-corrected chi connectivity index (χ4v) is 2.27. The Morgan fingerprint density at radius 1 is 1.24 bits per heavy atom. The standard InChI is InChI=1S/C16H25N5/c1-4-18-16(19-13(2)3)20-14-5-7-15(8-6-14)21-11-9-17-10-12-21/h4-8,13,17H,9-12H2,1-3H3,(H,19,20)/b18-4-. The van der Waals surface area contributed by atoms with Crippen molar-refractivity contribution in [3.63, 3.8) is 0 Å². The monoisotopic (exact) mass is 287 g/mol. The Hall–Kier alpha value is -1.88. The molecule has 0 amide bonds. The van der Waals surface area contributed by atoms with Gasteiger partial charge in [-0.1, -0.05) is 0 Å². The SMILES string of the molecule is C/C=N\C(=N/C(C)C)Nc1ccc(N2CCNCC2)cc1. The molecule has 1 saturated heterocycles. The van der Waals surface area contributed by atoms with Gasteiger partial charge in [0, 0.05) is 49.8 Å². The number of anilines is 2. The molecule has 1 aromatic rings. The van der Waals surface area contributed by atoms with Gasteiger partial charge in [0.1, 0.15) is 0 Å². The Labute approximate surface area is 127 Å². The van der Waals surface area contributed by atoms with E-state index in [1.807, 2.05) is 20.8 Å². The third kappa shape index (κ3) is 4.86. The van der Waals surface area contributed by atoms with E-state index in [2.05, 4.69) is 49.8 Å². The molecule has 0 aromatic heterocycles. The summed E-state index contributed by atoms with van der Waals surface area (Å²) in [7, 11) is 0. The third-order valence-corrected chi connectivity index (χ3v) is 3.24. The molecule has 0 radical (unpaired) electrons. The molecule has 2 rings (SSSR count). The smallest absolute Gasteiger partial charge is 0.222 e. The first-order chi connectivity index (χ1) is 10.2. The summed E-state index contributed by atoms with van der Waals surface area (Å²) in [5.74, 6) is 0.655. The first-order valence-electron chi connectivity index (χ1n) is 7.58. The van der Waals surface area contributed by atoms with E-state index < -0.39 is 0 Å². The highest BCUT2D eigenvalue weighted by Crippen LogP contribution is 2.18. The maximum absolute atomic E-state index is 4.46. The average Bonchev–Trinajstić information content (AvgIpc) is 2.48. The quantitative estimate of drug-likeness (QED) is 0.663. The van der Waals surface area contributed by atoms with Gasteiger partial charge < -0.3 is 15.5 Å². The lowest BCUT2D eigenvalue weighted by Gasteiger charge is -2.29. The Morgan fingerprint density at radius 2 is 1.90 bits per heavy atom. The summed E-state index contributed by atoms with van der Waals surface area (Å²) >= 11 is 0. The zero-order valence-electron chi connectivity index (χ0n) is 13.1. The molecule has 0 atom stereocenters. The molecular weight excluding hydrogens is 262 g/mol. The van der Waals surface area contributed by atoms with E-state index >= 15 is 0 Å². The van der Waals surface area contributed by atoms with Crippen molar-refractivity contribution in [2.45, 2.75) is 26.8 Å². The summed E-state index contributed by atoms with van der Waals surface area (Å²) in [6.07, 6.45) is 1.75. The highest BCUT2D eigenvalue weighted by Gasteiger charge is 2.10. The van der Waals surface area contributed by atoms with Crippen molar-refractivity contribution < 1.29 is 0 Å². The molecule has 1 aliphatic heterocycles. The van der Waals surface area contributed by atoms with E-state index in [9.17, 15) is 0 Å². The van der Waals surface area contributed by atoms with Crippen LogP contribution in [-0.4, -0.2) is 44.4 Å². The number of nitrogens with zero attached hydrogens (tertiary/aromatic N) is 3. The van der Waals surface area contributed by atoms with Crippen LogP contribution in [0.2, 0.25) is 0 Å². The van der Waals surface area contributed by atoms with Crippen LogP contribution in [0.1, 0.15) is 20.8 Å². The zero-order valence-corrected chi connectivity index (χ0v) is 13.1. The molecule has 1 heterocycles. The molecule has 5 nitrogen and oxygen atoms in total. The second-order valence-electron chi connectivity index (χ2n) is 5.34. The van der Waals surface area contributed by atoms with Crippen LogP contribution in [0, 0.1) is 0 Å². The van der Waals surface area contributed by atoms with Crippen molar-refractivity contribution in [3.8, 4) is 0 Å². The van der Waals surface area contributed by atoms with E-state index in [0.29, 0.717) is 5.96 Å². The van der Waals surface area contributed by atoms with E-state index in [1.54, 1.807) is 6.21 Å². The minimum atomic E-state index is 0.219. The largest absolute Gasteiger partial charge is 0.369 e. The number of rotatable bonds is 3. The Balaban J connectivity index is 2.04. The molecule has 0 unspecified atom stereocenters. The number of guanidine groups is 1. The lowest BCUT2D eigenvalue weighted by atomic mass is 10.2. The van der Waals surface area contributed by atoms with Gasteiger partial charge in [0.05, 0.1) is 0 Å². The highest BCUT2D eigenvalue weighted by atomic mass is 15.2. The van der Waals surface area contributed by atoms with Crippen LogP contribution in [0.15, 0.2) is 34.3 Å². The molecule has 114 valence electrons. The summed E-state index contributed by atoms with van der Waals surface area (Å²) in [5, 5.41) is 6.63. The maximum atomic E-state index is 4.46. The van der Waals surface area contributed by atoms with Crippen molar-refractivity contribution in [3.05, 3.63) is 24.3 Å². The highest BCUT2D eigenvalue weighted by molar-refractivity contribution is 5.98. The zero-order chi connectivity index (χ0) is 15.1. The van der Waals surface area contributed by atoms with E-state index in [4.69, 9.17) is 0 Å². The van der Waals surface area contributed by atoms with Crippen molar-refractivity contribution in [2.75, 3.05) is 36.4 Å². The first-order valence-corrected chi connectivity index (χ1v) is 7.58. The van der Waals surface area contributed by atoms with Gasteiger partial charge in [-0.05, 0) is 45.0 Å². The fourth-order valence-electron chi connectivity index (χ4n) is 2.27. The lowest BCUT2D eigenvalue weighted by Crippen LogP contribution is -2.43. The number of aliphatic imine (C=N–C) groups is 2. The van der Waals surface area contributed by atoms with Gasteiger partial charge in [-0.3, -0.25) is 0 Å². The molecule has 1 fully saturated rings. The summed E-state index contributed by atoms with van der Waals surface area (Å²) in [5.41, 5.74) is 2.28. The molecule has 0 saturated carbocycles. The van der Waals surface area contributed by atoms with Crippen molar-refractivity contribution in [2.24, 2.45) is 9.98 Å². The normalized spacial score (nSPS) is 16.8. The molecular formula is C16H25N5. The fraction of sp³-hybridized carbons (Fsp3) is 0.500. The predicted molar refractivity (Wildman–Crippen MR) is 91.9 cm³/mol. The predicted octanol–water partition coefficient (Wildman–Crippen LogP) is 2.36. The third-order valence-electron chi connectivity index (χ3n) is 3.24. The molecule has 1 aliphatic rings. The molecule has 21 heavy (non-hydrogen) atoms. The van der Waals surface area contributed by atoms with Crippen LogP contribution in [0.3, 0.4) is 0 Å². The minimum Gasteiger partial charge on any atom is -0.369 e. The van der Waals surface area contributed by atoms with E-state index in [1.165, 1.54) is 5.69 Å². The van der Waals surface area contributed by atoms with E-state index in [-0.39, 0.29) is 6.04 Å². The summed E-state index contributed by atoms with van der Waals surface area (Å²) in [4.78, 5) is 11.1. The van der Waals surface area contributed by atoms with E-state index in [0.717, 1.165) is 31.9 Å². The minimum absolute atomic E-state index is 0.219. The Morgan fingerprint density at radius 3 is 2.48 bits per heavy atom. The molecule has 1 aromatic carbocycles. The second-order valence-corrected chi connectivity index (χ2v) is 5.34. The van der Waals surface area contributed by atoms with Gasteiger partial charge in [-0.2, -0.15) is 0 Å². The topological polar surface area (TPSA) is 52.0 Å². The van der Waals surface area contributed by atoms with Gasteiger partial charge in [0.15, 0.2) is 0 Å². The molecule has 0 spiro atoms. The summed E-state index contributed by atoms with van der Waals surface area (Å²) in [6, 6.07) is 8.68.